The lowest BCUT2D eigenvalue weighted by Crippen LogP contribution is -2.03. The summed E-state index contributed by atoms with van der Waals surface area (Å²) >= 11 is 0. The predicted octanol–water partition coefficient (Wildman–Crippen LogP) is 13.3. The van der Waals surface area contributed by atoms with Gasteiger partial charge in [0, 0.05) is 27.1 Å². The van der Waals surface area contributed by atoms with E-state index in [1.54, 1.807) is 0 Å². The van der Waals surface area contributed by atoms with Gasteiger partial charge in [-0.1, -0.05) is 97.1 Å². The van der Waals surface area contributed by atoms with E-state index >= 15 is 0 Å². The monoisotopic (exact) mass is 712 g/mol. The van der Waals surface area contributed by atoms with Crippen LogP contribution in [0.2, 0.25) is 0 Å². The Morgan fingerprint density at radius 1 is 0.464 bits per heavy atom. The molecule has 0 bridgehead atoms. The lowest BCUT2D eigenvalue weighted by Gasteiger charge is -2.17. The van der Waals surface area contributed by atoms with Crippen LogP contribution in [0.25, 0.3) is 98.2 Å². The van der Waals surface area contributed by atoms with Crippen LogP contribution in [0.1, 0.15) is 5.56 Å². The summed E-state index contributed by atoms with van der Waals surface area (Å²) in [5, 5.41) is 13.9. The molecule has 0 aliphatic rings. The van der Waals surface area contributed by atoms with Crippen LogP contribution < -0.4 is 0 Å². The molecule has 0 aliphatic heterocycles. The van der Waals surface area contributed by atoms with Crippen molar-refractivity contribution in [3.05, 3.63) is 198 Å². The van der Waals surface area contributed by atoms with E-state index in [1.807, 2.05) is 79.0 Å². The van der Waals surface area contributed by atoms with Gasteiger partial charge in [-0.25, -0.2) is 14.7 Å². The zero-order chi connectivity index (χ0) is 37.8. The highest BCUT2D eigenvalue weighted by Crippen LogP contribution is 2.41. The molecule has 7 aromatic carbocycles. The maximum atomic E-state index is 9.56. The molecule has 10 aromatic rings. The van der Waals surface area contributed by atoms with E-state index in [2.05, 4.69) is 116 Å². The first-order valence-corrected chi connectivity index (χ1v) is 18.2. The SMILES string of the molecule is [C-]#[N+]c1cccc(-c2ccc3c(c2)c2ccccc2n3-c2cnc(-n3c4ccccc4c4cc(-c5cccc(C#N)c5)ccc43)cc2-c2cccc([N+]#[C-])c2)c1. The smallest absolute Gasteiger partial charge is 0.187 e. The summed E-state index contributed by atoms with van der Waals surface area (Å²) in [6.07, 6.45) is 1.95. The summed E-state index contributed by atoms with van der Waals surface area (Å²) in [4.78, 5) is 12.7. The minimum Gasteiger partial charge on any atom is -0.307 e. The van der Waals surface area contributed by atoms with Gasteiger partial charge in [0.1, 0.15) is 5.82 Å². The predicted molar refractivity (Wildman–Crippen MR) is 226 cm³/mol. The number of fused-ring (bicyclic) bond motifs is 6. The zero-order valence-corrected chi connectivity index (χ0v) is 29.8. The molecule has 10 rings (SSSR count). The van der Waals surface area contributed by atoms with E-state index < -0.39 is 0 Å². The Kier molecular flexibility index (Phi) is 7.53. The Morgan fingerprint density at radius 3 is 1.62 bits per heavy atom. The third kappa shape index (κ3) is 5.20. The molecular weight excluding hydrogens is 685 g/mol. The molecule has 0 fully saturated rings. The maximum Gasteiger partial charge on any atom is 0.187 e. The number of hydrogen-bond donors (Lipinski definition) is 0. The van der Waals surface area contributed by atoms with Crippen molar-refractivity contribution in [3.8, 4) is 51.0 Å². The Morgan fingerprint density at radius 2 is 0.982 bits per heavy atom. The van der Waals surface area contributed by atoms with Crippen LogP contribution in [0.15, 0.2) is 170 Å². The van der Waals surface area contributed by atoms with Crippen molar-refractivity contribution in [1.29, 1.82) is 5.26 Å². The van der Waals surface area contributed by atoms with E-state index in [-0.39, 0.29) is 0 Å². The average Bonchev–Trinajstić information content (AvgIpc) is 3.78. The van der Waals surface area contributed by atoms with Crippen molar-refractivity contribution in [1.82, 2.24) is 14.1 Å². The first-order chi connectivity index (χ1) is 27.6. The summed E-state index contributed by atoms with van der Waals surface area (Å²) in [6.45, 7) is 15.4. The minimum atomic E-state index is 0.560. The van der Waals surface area contributed by atoms with Crippen molar-refractivity contribution >= 4 is 55.0 Å². The molecule has 0 unspecified atom stereocenters. The quantitative estimate of drug-likeness (QED) is 0.167. The summed E-state index contributed by atoms with van der Waals surface area (Å²) < 4.78 is 4.48. The molecule has 3 aromatic heterocycles. The van der Waals surface area contributed by atoms with Gasteiger partial charge in [-0.05, 0) is 94.5 Å². The fourth-order valence-corrected chi connectivity index (χ4v) is 8.05. The van der Waals surface area contributed by atoms with Crippen molar-refractivity contribution in [2.75, 3.05) is 0 Å². The summed E-state index contributed by atoms with van der Waals surface area (Å²) in [5.41, 5.74) is 12.7. The number of pyridine rings is 1. The highest BCUT2D eigenvalue weighted by molar-refractivity contribution is 6.12. The highest BCUT2D eigenvalue weighted by atomic mass is 15.1. The molecule has 0 amide bonds. The van der Waals surface area contributed by atoms with Crippen LogP contribution in [-0.4, -0.2) is 14.1 Å². The Bertz CT molecular complexity index is 3360. The van der Waals surface area contributed by atoms with Gasteiger partial charge < -0.3 is 4.57 Å². The molecule has 3 heterocycles. The average molecular weight is 713 g/mol. The number of hydrogen-bond acceptors (Lipinski definition) is 2. The largest absolute Gasteiger partial charge is 0.307 e. The van der Waals surface area contributed by atoms with E-state index in [0.717, 1.165) is 88.5 Å². The van der Waals surface area contributed by atoms with E-state index in [1.165, 1.54) is 0 Å². The number of rotatable bonds is 5. The molecule has 6 heteroatoms. The zero-order valence-electron chi connectivity index (χ0n) is 29.8. The molecular formula is C50H28N6. The second-order valence-electron chi connectivity index (χ2n) is 13.7. The molecule has 0 saturated heterocycles. The van der Waals surface area contributed by atoms with Gasteiger partial charge in [0.15, 0.2) is 11.4 Å². The molecule has 0 N–H and O–H groups in total. The molecule has 0 aliphatic carbocycles. The number of aromatic nitrogens is 3. The number of nitrogens with zero attached hydrogens (tertiary/aromatic N) is 6. The Labute approximate surface area is 322 Å². The third-order valence-electron chi connectivity index (χ3n) is 10.6. The number of benzene rings is 7. The van der Waals surface area contributed by atoms with Crippen LogP contribution >= 0.6 is 0 Å². The molecule has 6 nitrogen and oxygen atoms in total. The van der Waals surface area contributed by atoms with Crippen molar-refractivity contribution < 1.29 is 0 Å². The van der Waals surface area contributed by atoms with Crippen LogP contribution in [0.3, 0.4) is 0 Å². The van der Waals surface area contributed by atoms with Gasteiger partial charge in [0.2, 0.25) is 0 Å². The Balaban J connectivity index is 1.22. The van der Waals surface area contributed by atoms with Crippen molar-refractivity contribution in [2.24, 2.45) is 0 Å². The Hall–Kier alpha value is -8.24. The standard InChI is InChI=1S/C50H28N6/c1-52-38-14-8-12-34(25-38)36-20-22-47-43(28-36)40-16-3-5-18-45(40)55(47)49-31-54-50(29-42(49)37-13-9-15-39(26-37)53-2)56-46-19-6-4-17-41(46)44-27-35(21-23-48(44)56)33-11-7-10-32(24-33)30-51/h3-29,31H. The fourth-order valence-electron chi connectivity index (χ4n) is 8.05. The van der Waals surface area contributed by atoms with Crippen LogP contribution in [-0.2, 0) is 0 Å². The summed E-state index contributed by atoms with van der Waals surface area (Å²) in [7, 11) is 0. The second-order valence-corrected chi connectivity index (χ2v) is 13.7. The van der Waals surface area contributed by atoms with Crippen LogP contribution in [0.4, 0.5) is 11.4 Å². The van der Waals surface area contributed by atoms with Crippen molar-refractivity contribution in [3.63, 3.8) is 0 Å². The minimum absolute atomic E-state index is 0.560. The lowest BCUT2D eigenvalue weighted by atomic mass is 10.0. The fraction of sp³-hybridized carbons (Fsp3) is 0. The first-order valence-electron chi connectivity index (χ1n) is 18.2. The van der Waals surface area contributed by atoms with E-state index in [9.17, 15) is 5.26 Å². The van der Waals surface area contributed by atoms with Gasteiger partial charge in [-0.15, -0.1) is 0 Å². The summed E-state index contributed by atoms with van der Waals surface area (Å²) in [6, 6.07) is 57.3. The molecule has 258 valence electrons. The van der Waals surface area contributed by atoms with Gasteiger partial charge in [0.25, 0.3) is 0 Å². The second kappa shape index (κ2) is 13.0. The van der Waals surface area contributed by atoms with Crippen molar-refractivity contribution in [2.45, 2.75) is 0 Å². The molecule has 0 spiro atoms. The number of nitriles is 1. The normalized spacial score (nSPS) is 11.2. The molecule has 0 atom stereocenters. The van der Waals surface area contributed by atoms with Gasteiger partial charge >= 0.3 is 0 Å². The lowest BCUT2D eigenvalue weighted by molar-refractivity contribution is 1.06. The van der Waals surface area contributed by atoms with Gasteiger partial charge in [0.05, 0.1) is 58.7 Å². The third-order valence-corrected chi connectivity index (χ3v) is 10.6. The van der Waals surface area contributed by atoms with Gasteiger partial charge in [-0.2, -0.15) is 5.26 Å². The molecule has 56 heavy (non-hydrogen) atoms. The number of para-hydroxylation sites is 2. The maximum absolute atomic E-state index is 9.56. The topological polar surface area (TPSA) is 55.3 Å². The summed E-state index contributed by atoms with van der Waals surface area (Å²) in [5.74, 6) is 0.755. The molecule has 0 saturated carbocycles. The highest BCUT2D eigenvalue weighted by Gasteiger charge is 2.20. The van der Waals surface area contributed by atoms with Crippen LogP contribution in [0.5, 0.6) is 0 Å². The first kappa shape index (κ1) is 32.4. The van der Waals surface area contributed by atoms with Crippen LogP contribution in [0, 0.1) is 24.5 Å². The van der Waals surface area contributed by atoms with Gasteiger partial charge in [-0.3, -0.25) is 4.57 Å². The van der Waals surface area contributed by atoms with E-state index in [0.29, 0.717) is 16.9 Å². The molecule has 0 radical (unpaired) electrons. The van der Waals surface area contributed by atoms with E-state index in [4.69, 9.17) is 18.1 Å².